The summed E-state index contributed by atoms with van der Waals surface area (Å²) in [7, 11) is 2.06. The molecule has 1 aromatic carbocycles. The van der Waals surface area contributed by atoms with Gasteiger partial charge in [-0.05, 0) is 24.7 Å². The summed E-state index contributed by atoms with van der Waals surface area (Å²) in [4.78, 5) is 19.3. The number of hydrogen-bond donors (Lipinski definition) is 1. The average Bonchev–Trinajstić information content (AvgIpc) is 3.41. The zero-order valence-corrected chi connectivity index (χ0v) is 18.9. The summed E-state index contributed by atoms with van der Waals surface area (Å²) < 4.78 is 61.0. The number of piperidine rings is 1. The minimum absolute atomic E-state index is 0.0766. The number of likely N-dealkylation sites (tertiary alicyclic amines) is 1. The Labute approximate surface area is 194 Å². The standard InChI is InChI=1S/C22H27F4N5O3/c1-15-27-17(13-32-15)12-31(20-28-21(34-29-20)7-9-30(2)10-8-21)11-16-3-5-18(6-4-16)33-14-22(25,26)19(23)24/h3-6,13,19H,7-12,14H2,1-2H3,(H,28,29). The van der Waals surface area contributed by atoms with E-state index in [0.717, 1.165) is 31.5 Å². The van der Waals surface area contributed by atoms with Crippen LogP contribution in [0.25, 0.3) is 0 Å². The first-order valence-corrected chi connectivity index (χ1v) is 10.9. The first-order valence-electron chi connectivity index (χ1n) is 10.9. The second-order valence-corrected chi connectivity index (χ2v) is 8.60. The van der Waals surface area contributed by atoms with E-state index in [1.165, 1.54) is 12.1 Å². The number of hydrogen-bond acceptors (Lipinski definition) is 8. The number of halogens is 4. The maximum absolute atomic E-state index is 13.1. The van der Waals surface area contributed by atoms with Crippen LogP contribution in [0.2, 0.25) is 0 Å². The molecule has 0 saturated carbocycles. The Hall–Kier alpha value is -2.86. The van der Waals surface area contributed by atoms with Gasteiger partial charge in [0.05, 0.1) is 12.2 Å². The number of hydroxylamine groups is 1. The molecule has 2 aliphatic rings. The van der Waals surface area contributed by atoms with Crippen molar-refractivity contribution in [1.82, 2.24) is 20.3 Å². The lowest BCUT2D eigenvalue weighted by Gasteiger charge is -2.33. The van der Waals surface area contributed by atoms with Crippen molar-refractivity contribution in [2.24, 2.45) is 4.99 Å². The molecule has 1 spiro atoms. The van der Waals surface area contributed by atoms with Gasteiger partial charge >= 0.3 is 12.3 Å². The number of aryl methyl sites for hydroxylation is 1. The summed E-state index contributed by atoms with van der Waals surface area (Å²) >= 11 is 0. The molecule has 1 saturated heterocycles. The predicted octanol–water partition coefficient (Wildman–Crippen LogP) is 3.58. The van der Waals surface area contributed by atoms with Crippen molar-refractivity contribution in [2.45, 2.75) is 50.9 Å². The van der Waals surface area contributed by atoms with Crippen LogP contribution in [0.1, 0.15) is 30.0 Å². The summed E-state index contributed by atoms with van der Waals surface area (Å²) in [5, 5.41) is 0. The monoisotopic (exact) mass is 485 g/mol. The van der Waals surface area contributed by atoms with E-state index < -0.39 is 24.7 Å². The summed E-state index contributed by atoms with van der Waals surface area (Å²) in [5.41, 5.74) is 3.87. The number of rotatable bonds is 8. The highest BCUT2D eigenvalue weighted by atomic mass is 19.3. The number of aliphatic imine (C=N–C) groups is 1. The Balaban J connectivity index is 1.47. The first-order chi connectivity index (χ1) is 16.1. The second kappa shape index (κ2) is 9.79. The first kappa shape index (κ1) is 24.3. The Kier molecular flexibility index (Phi) is 6.99. The average molecular weight is 485 g/mol. The largest absolute Gasteiger partial charge is 0.487 e. The summed E-state index contributed by atoms with van der Waals surface area (Å²) in [6, 6.07) is 6.29. The molecule has 186 valence electrons. The number of benzene rings is 1. The number of guanidine groups is 1. The lowest BCUT2D eigenvalue weighted by molar-refractivity contribution is -0.148. The number of alkyl halides is 4. The van der Waals surface area contributed by atoms with Crippen molar-refractivity contribution in [2.75, 3.05) is 26.7 Å². The molecule has 12 heteroatoms. The van der Waals surface area contributed by atoms with Crippen LogP contribution in [0.15, 0.2) is 39.9 Å². The summed E-state index contributed by atoms with van der Waals surface area (Å²) in [6.45, 7) is 2.88. The molecular formula is C22H27F4N5O3. The van der Waals surface area contributed by atoms with Gasteiger partial charge in [0.2, 0.25) is 5.96 Å². The van der Waals surface area contributed by atoms with Crippen LogP contribution in [0.3, 0.4) is 0 Å². The number of nitrogens with one attached hydrogen (secondary N) is 1. The number of ether oxygens (including phenoxy) is 1. The molecule has 0 radical (unpaired) electrons. The molecule has 2 aliphatic heterocycles. The maximum atomic E-state index is 13.1. The van der Waals surface area contributed by atoms with Crippen molar-refractivity contribution in [1.29, 1.82) is 0 Å². The van der Waals surface area contributed by atoms with Crippen LogP contribution < -0.4 is 10.2 Å². The molecule has 0 unspecified atom stereocenters. The van der Waals surface area contributed by atoms with Crippen molar-refractivity contribution >= 4 is 5.96 Å². The van der Waals surface area contributed by atoms with Gasteiger partial charge in [0.15, 0.2) is 18.2 Å². The van der Waals surface area contributed by atoms with Crippen LogP contribution >= 0.6 is 0 Å². The molecule has 1 aromatic heterocycles. The highest BCUT2D eigenvalue weighted by Gasteiger charge is 2.42. The topological polar surface area (TPSA) is 75.4 Å². The fourth-order valence-corrected chi connectivity index (χ4v) is 3.73. The van der Waals surface area contributed by atoms with Crippen LogP contribution in [0.4, 0.5) is 17.6 Å². The van der Waals surface area contributed by atoms with Crippen molar-refractivity contribution < 1.29 is 31.6 Å². The zero-order valence-electron chi connectivity index (χ0n) is 18.9. The number of nitrogens with zero attached hydrogens (tertiary/aromatic N) is 4. The Morgan fingerprint density at radius 2 is 1.91 bits per heavy atom. The Bertz CT molecular complexity index is 991. The van der Waals surface area contributed by atoms with E-state index in [2.05, 4.69) is 22.4 Å². The Morgan fingerprint density at radius 1 is 1.21 bits per heavy atom. The van der Waals surface area contributed by atoms with Gasteiger partial charge in [-0.3, -0.25) is 0 Å². The SMILES string of the molecule is Cc1nc(CN(Cc2ccc(OCC(F)(F)C(F)F)cc2)C2=NC3(CCN(C)CC3)ON2)co1. The van der Waals surface area contributed by atoms with E-state index in [0.29, 0.717) is 30.6 Å². The highest BCUT2D eigenvalue weighted by Crippen LogP contribution is 2.31. The van der Waals surface area contributed by atoms with Gasteiger partial charge in [0.1, 0.15) is 12.0 Å². The third kappa shape index (κ3) is 5.79. The van der Waals surface area contributed by atoms with Gasteiger partial charge in [-0.25, -0.2) is 29.1 Å². The van der Waals surface area contributed by atoms with E-state index in [-0.39, 0.29) is 5.75 Å². The molecule has 3 heterocycles. The quantitative estimate of drug-likeness (QED) is 0.573. The molecule has 0 bridgehead atoms. The number of aromatic nitrogens is 1. The normalized spacial score (nSPS) is 18.3. The minimum Gasteiger partial charge on any atom is -0.487 e. The molecule has 34 heavy (non-hydrogen) atoms. The van der Waals surface area contributed by atoms with Crippen molar-refractivity contribution in [3.05, 3.63) is 47.7 Å². The fourth-order valence-electron chi connectivity index (χ4n) is 3.73. The summed E-state index contributed by atoms with van der Waals surface area (Å²) in [6.07, 6.45) is -0.696. The van der Waals surface area contributed by atoms with Crippen LogP contribution in [0, 0.1) is 6.92 Å². The molecule has 8 nitrogen and oxygen atoms in total. The van der Waals surface area contributed by atoms with Gasteiger partial charge < -0.3 is 19.0 Å². The third-order valence-corrected chi connectivity index (χ3v) is 5.78. The van der Waals surface area contributed by atoms with Crippen LogP contribution in [0.5, 0.6) is 5.75 Å². The molecule has 0 atom stereocenters. The second-order valence-electron chi connectivity index (χ2n) is 8.60. The summed E-state index contributed by atoms with van der Waals surface area (Å²) in [5.74, 6) is -3.03. The lowest BCUT2D eigenvalue weighted by Crippen LogP contribution is -2.43. The van der Waals surface area contributed by atoms with Gasteiger partial charge in [-0.2, -0.15) is 8.78 Å². The molecule has 2 aromatic rings. The van der Waals surface area contributed by atoms with E-state index in [1.807, 2.05) is 4.90 Å². The fraction of sp³-hybridized carbons (Fsp3) is 0.545. The molecule has 0 aliphatic carbocycles. The molecule has 1 fully saturated rings. The van der Waals surface area contributed by atoms with Crippen LogP contribution in [-0.4, -0.2) is 65.6 Å². The molecule has 1 N–H and O–H groups in total. The maximum Gasteiger partial charge on any atom is 0.340 e. The van der Waals surface area contributed by atoms with Gasteiger partial charge in [0, 0.05) is 39.4 Å². The molecule has 4 rings (SSSR count). The number of oxazole rings is 1. The third-order valence-electron chi connectivity index (χ3n) is 5.78. The lowest BCUT2D eigenvalue weighted by atomic mass is 10.0. The molecule has 0 amide bonds. The smallest absolute Gasteiger partial charge is 0.340 e. The van der Waals surface area contributed by atoms with Crippen molar-refractivity contribution in [3.8, 4) is 5.75 Å². The minimum atomic E-state index is -4.21. The van der Waals surface area contributed by atoms with E-state index >= 15 is 0 Å². The molecular weight excluding hydrogens is 458 g/mol. The van der Waals surface area contributed by atoms with E-state index in [9.17, 15) is 17.6 Å². The van der Waals surface area contributed by atoms with Crippen molar-refractivity contribution in [3.63, 3.8) is 0 Å². The van der Waals surface area contributed by atoms with Crippen LogP contribution in [-0.2, 0) is 17.9 Å². The van der Waals surface area contributed by atoms with Gasteiger partial charge in [0.25, 0.3) is 0 Å². The highest BCUT2D eigenvalue weighted by molar-refractivity contribution is 5.80. The van der Waals surface area contributed by atoms with E-state index in [4.69, 9.17) is 19.0 Å². The Morgan fingerprint density at radius 3 is 2.53 bits per heavy atom. The van der Waals surface area contributed by atoms with Gasteiger partial charge in [-0.15, -0.1) is 0 Å². The predicted molar refractivity (Wildman–Crippen MR) is 114 cm³/mol. The van der Waals surface area contributed by atoms with E-state index in [1.54, 1.807) is 25.3 Å². The zero-order chi connectivity index (χ0) is 24.3. The van der Waals surface area contributed by atoms with Gasteiger partial charge in [-0.1, -0.05) is 12.1 Å².